The van der Waals surface area contributed by atoms with E-state index in [0.29, 0.717) is 6.04 Å². The van der Waals surface area contributed by atoms with E-state index in [1.807, 2.05) is 0 Å². The topological polar surface area (TPSA) is 24.1 Å². The van der Waals surface area contributed by atoms with Crippen LogP contribution in [0.1, 0.15) is 42.5 Å². The third-order valence-corrected chi connectivity index (χ3v) is 4.00. The molecule has 1 aliphatic rings. The zero-order valence-electron chi connectivity index (χ0n) is 11.9. The van der Waals surface area contributed by atoms with Crippen LogP contribution in [0.4, 0.5) is 0 Å². The molecule has 0 bridgehead atoms. The molecule has 2 N–H and O–H groups in total. The normalized spacial score (nSPS) is 21.8. The van der Waals surface area contributed by atoms with Crippen LogP contribution in [0.3, 0.4) is 0 Å². The minimum absolute atomic E-state index is 0.451. The summed E-state index contributed by atoms with van der Waals surface area (Å²) in [5.41, 5.74) is 4.18. The second-order valence-electron chi connectivity index (χ2n) is 5.70. The highest BCUT2D eigenvalue weighted by molar-refractivity contribution is 5.32. The maximum atomic E-state index is 3.69. The van der Waals surface area contributed by atoms with E-state index >= 15 is 0 Å². The Hall–Kier alpha value is -0.860. The fourth-order valence-corrected chi connectivity index (χ4v) is 2.86. The Balaban J connectivity index is 1.88. The number of hydrogen-bond donors (Lipinski definition) is 2. The lowest BCUT2D eigenvalue weighted by Gasteiger charge is -2.25. The Morgan fingerprint density at radius 2 is 2.22 bits per heavy atom. The lowest BCUT2D eigenvalue weighted by molar-refractivity contribution is 0.348. The number of piperidine rings is 1. The Kier molecular flexibility index (Phi) is 4.79. The van der Waals surface area contributed by atoms with E-state index < -0.39 is 0 Å². The van der Waals surface area contributed by atoms with Crippen LogP contribution >= 0.6 is 0 Å². The van der Waals surface area contributed by atoms with Crippen molar-refractivity contribution >= 4 is 0 Å². The van der Waals surface area contributed by atoms with E-state index in [0.717, 1.165) is 12.5 Å². The van der Waals surface area contributed by atoms with Gasteiger partial charge in [-0.25, -0.2) is 0 Å². The monoisotopic (exact) mass is 246 g/mol. The van der Waals surface area contributed by atoms with Gasteiger partial charge >= 0.3 is 0 Å². The van der Waals surface area contributed by atoms with Crippen LogP contribution in [0.25, 0.3) is 0 Å². The maximum absolute atomic E-state index is 3.69. The minimum atomic E-state index is 0.451. The van der Waals surface area contributed by atoms with E-state index in [1.165, 1.54) is 42.6 Å². The first-order valence-electron chi connectivity index (χ1n) is 7.18. The van der Waals surface area contributed by atoms with Crippen molar-refractivity contribution in [1.82, 2.24) is 10.6 Å². The molecule has 100 valence electrons. The molecule has 0 aromatic heterocycles. The fourth-order valence-electron chi connectivity index (χ4n) is 2.86. The van der Waals surface area contributed by atoms with Gasteiger partial charge in [0, 0.05) is 6.04 Å². The lowest BCUT2D eigenvalue weighted by atomic mass is 9.97. The zero-order chi connectivity index (χ0) is 13.0. The van der Waals surface area contributed by atoms with Crippen LogP contribution in [0, 0.1) is 19.8 Å². The molecule has 1 saturated heterocycles. The average Bonchev–Trinajstić information content (AvgIpc) is 2.37. The third kappa shape index (κ3) is 3.56. The predicted molar refractivity (Wildman–Crippen MR) is 77.9 cm³/mol. The molecule has 1 aromatic carbocycles. The average molecular weight is 246 g/mol. The van der Waals surface area contributed by atoms with Crippen LogP contribution in [0.2, 0.25) is 0 Å². The van der Waals surface area contributed by atoms with Crippen LogP contribution in [-0.4, -0.2) is 19.6 Å². The number of nitrogens with one attached hydrogen (secondary N) is 2. The fraction of sp³-hybridized carbons (Fsp3) is 0.625. The van der Waals surface area contributed by atoms with E-state index in [-0.39, 0.29) is 0 Å². The number of aryl methyl sites for hydroxylation is 2. The molecule has 0 amide bonds. The van der Waals surface area contributed by atoms with Crippen LogP contribution in [0.5, 0.6) is 0 Å². The molecular weight excluding hydrogens is 220 g/mol. The molecule has 0 radical (unpaired) electrons. The van der Waals surface area contributed by atoms with Gasteiger partial charge in [0.05, 0.1) is 0 Å². The van der Waals surface area contributed by atoms with Crippen molar-refractivity contribution in [1.29, 1.82) is 0 Å². The van der Waals surface area contributed by atoms with E-state index in [9.17, 15) is 0 Å². The van der Waals surface area contributed by atoms with E-state index in [2.05, 4.69) is 49.6 Å². The van der Waals surface area contributed by atoms with Crippen molar-refractivity contribution in [2.75, 3.05) is 19.6 Å². The summed E-state index contributed by atoms with van der Waals surface area (Å²) in [7, 11) is 0. The highest BCUT2D eigenvalue weighted by Crippen LogP contribution is 2.19. The largest absolute Gasteiger partial charge is 0.316 e. The standard InChI is InChI=1S/C16H26N2/c1-12-6-7-16(13(2)9-12)14(3)18-11-15-5-4-8-17-10-15/h6-7,9,14-15,17-18H,4-5,8,10-11H2,1-3H3. The summed E-state index contributed by atoms with van der Waals surface area (Å²) in [5.74, 6) is 0.798. The molecule has 1 aliphatic heterocycles. The Morgan fingerprint density at radius 3 is 2.89 bits per heavy atom. The molecule has 2 nitrogen and oxygen atoms in total. The molecule has 1 aromatic rings. The molecule has 2 heteroatoms. The maximum Gasteiger partial charge on any atom is 0.0294 e. The Morgan fingerprint density at radius 1 is 1.39 bits per heavy atom. The first kappa shape index (κ1) is 13.6. The van der Waals surface area contributed by atoms with Gasteiger partial charge in [-0.15, -0.1) is 0 Å². The first-order chi connectivity index (χ1) is 8.66. The molecule has 2 atom stereocenters. The van der Waals surface area contributed by atoms with Gasteiger partial charge in [0.25, 0.3) is 0 Å². The van der Waals surface area contributed by atoms with Gasteiger partial charge in [-0.3, -0.25) is 0 Å². The molecule has 0 aliphatic carbocycles. The van der Waals surface area contributed by atoms with Crippen molar-refractivity contribution in [2.45, 2.75) is 39.7 Å². The van der Waals surface area contributed by atoms with Crippen molar-refractivity contribution in [3.05, 3.63) is 34.9 Å². The molecule has 0 spiro atoms. The zero-order valence-corrected chi connectivity index (χ0v) is 11.9. The summed E-state index contributed by atoms with van der Waals surface area (Å²) in [6.45, 7) is 10.1. The molecule has 1 heterocycles. The molecule has 2 rings (SSSR count). The van der Waals surface area contributed by atoms with Gasteiger partial charge in [-0.1, -0.05) is 23.8 Å². The highest BCUT2D eigenvalue weighted by Gasteiger charge is 2.14. The summed E-state index contributed by atoms with van der Waals surface area (Å²) in [5, 5.41) is 7.17. The van der Waals surface area contributed by atoms with Gasteiger partial charge in [0.2, 0.25) is 0 Å². The van der Waals surface area contributed by atoms with Crippen molar-refractivity contribution in [2.24, 2.45) is 5.92 Å². The predicted octanol–water partition coefficient (Wildman–Crippen LogP) is 2.95. The molecule has 2 unspecified atom stereocenters. The van der Waals surface area contributed by atoms with Gasteiger partial charge in [0.15, 0.2) is 0 Å². The van der Waals surface area contributed by atoms with Crippen molar-refractivity contribution in [3.8, 4) is 0 Å². The lowest BCUT2D eigenvalue weighted by Crippen LogP contribution is -2.36. The van der Waals surface area contributed by atoms with Gasteiger partial charge in [0.1, 0.15) is 0 Å². The molecule has 18 heavy (non-hydrogen) atoms. The number of hydrogen-bond acceptors (Lipinski definition) is 2. The SMILES string of the molecule is Cc1ccc(C(C)NCC2CCCNC2)c(C)c1. The Bertz CT molecular complexity index is 381. The molecule has 0 saturated carbocycles. The Labute approximate surface area is 111 Å². The minimum Gasteiger partial charge on any atom is -0.316 e. The number of benzene rings is 1. The van der Waals surface area contributed by atoms with Crippen molar-refractivity contribution < 1.29 is 0 Å². The number of rotatable bonds is 4. The van der Waals surface area contributed by atoms with Crippen molar-refractivity contribution in [3.63, 3.8) is 0 Å². The smallest absolute Gasteiger partial charge is 0.0294 e. The summed E-state index contributed by atoms with van der Waals surface area (Å²) in [6, 6.07) is 7.20. The van der Waals surface area contributed by atoms with Gasteiger partial charge < -0.3 is 10.6 Å². The second kappa shape index (κ2) is 6.35. The quantitative estimate of drug-likeness (QED) is 0.853. The van der Waals surface area contributed by atoms with E-state index in [1.54, 1.807) is 0 Å². The van der Waals surface area contributed by atoms with Crippen LogP contribution in [0.15, 0.2) is 18.2 Å². The summed E-state index contributed by atoms with van der Waals surface area (Å²) < 4.78 is 0. The molecular formula is C16H26N2. The van der Waals surface area contributed by atoms with Crippen LogP contribution in [-0.2, 0) is 0 Å². The second-order valence-corrected chi connectivity index (χ2v) is 5.70. The third-order valence-electron chi connectivity index (χ3n) is 4.00. The summed E-state index contributed by atoms with van der Waals surface area (Å²) in [4.78, 5) is 0. The van der Waals surface area contributed by atoms with E-state index in [4.69, 9.17) is 0 Å². The molecule has 1 fully saturated rings. The summed E-state index contributed by atoms with van der Waals surface area (Å²) in [6.07, 6.45) is 2.68. The van der Waals surface area contributed by atoms with Crippen LogP contribution < -0.4 is 10.6 Å². The van der Waals surface area contributed by atoms with Gasteiger partial charge in [-0.05, 0) is 70.3 Å². The summed E-state index contributed by atoms with van der Waals surface area (Å²) >= 11 is 0. The van der Waals surface area contributed by atoms with Gasteiger partial charge in [-0.2, -0.15) is 0 Å². The highest BCUT2D eigenvalue weighted by atomic mass is 14.9. The first-order valence-corrected chi connectivity index (χ1v) is 7.18.